The van der Waals surface area contributed by atoms with E-state index in [2.05, 4.69) is 23.5 Å². The van der Waals surface area contributed by atoms with Gasteiger partial charge in [-0.2, -0.15) is 0 Å². The number of methoxy groups -OCH3 is 1. The lowest BCUT2D eigenvalue weighted by molar-refractivity contribution is -0.189. The van der Waals surface area contributed by atoms with E-state index < -0.39 is 6.09 Å². The van der Waals surface area contributed by atoms with Crippen LogP contribution >= 0.6 is 0 Å². The minimum absolute atomic E-state index is 0.171. The molecule has 1 aliphatic rings. The van der Waals surface area contributed by atoms with E-state index in [1.165, 1.54) is 10.9 Å². The molecule has 1 saturated heterocycles. The number of amides is 1. The van der Waals surface area contributed by atoms with Crippen molar-refractivity contribution in [3.05, 3.63) is 42.0 Å². The van der Waals surface area contributed by atoms with Crippen molar-refractivity contribution in [1.29, 1.82) is 0 Å². The maximum Gasteiger partial charge on any atom is 0.404 e. The summed E-state index contributed by atoms with van der Waals surface area (Å²) in [7, 11) is 1.67. The van der Waals surface area contributed by atoms with Gasteiger partial charge < -0.3 is 24.6 Å². The zero-order valence-corrected chi connectivity index (χ0v) is 14.2. The molecular formula is C19H23NO5. The quantitative estimate of drug-likeness (QED) is 0.785. The maximum atomic E-state index is 10.4. The molecule has 1 fully saturated rings. The van der Waals surface area contributed by atoms with E-state index in [0.29, 0.717) is 32.6 Å². The Kier molecular flexibility index (Phi) is 5.73. The average Bonchev–Trinajstić information content (AvgIpc) is 2.64. The predicted molar refractivity (Wildman–Crippen MR) is 94.2 cm³/mol. The summed E-state index contributed by atoms with van der Waals surface area (Å²) in [4.78, 5) is 10.4. The third-order valence-corrected chi connectivity index (χ3v) is 4.42. The molecule has 0 aliphatic carbocycles. The average molecular weight is 345 g/mol. The van der Waals surface area contributed by atoms with E-state index >= 15 is 0 Å². The number of nitrogens with one attached hydrogen (secondary N) is 1. The van der Waals surface area contributed by atoms with Crippen molar-refractivity contribution in [3.8, 4) is 5.75 Å². The van der Waals surface area contributed by atoms with Crippen molar-refractivity contribution >= 4 is 16.9 Å². The lowest BCUT2D eigenvalue weighted by Crippen LogP contribution is -2.32. The van der Waals surface area contributed by atoms with Gasteiger partial charge in [-0.1, -0.05) is 24.3 Å². The van der Waals surface area contributed by atoms with Crippen LogP contribution in [0, 0.1) is 0 Å². The Morgan fingerprint density at radius 3 is 2.80 bits per heavy atom. The number of benzene rings is 2. The van der Waals surface area contributed by atoms with Crippen LogP contribution in [0.15, 0.2) is 36.4 Å². The van der Waals surface area contributed by atoms with Crippen molar-refractivity contribution in [2.75, 3.05) is 26.9 Å². The molecule has 1 aliphatic heterocycles. The third kappa shape index (κ3) is 4.41. The molecule has 0 unspecified atom stereocenters. The van der Waals surface area contributed by atoms with Gasteiger partial charge in [0, 0.05) is 18.9 Å². The topological polar surface area (TPSA) is 77.0 Å². The number of carbonyl (C=O) groups is 1. The molecule has 0 aromatic heterocycles. The van der Waals surface area contributed by atoms with Gasteiger partial charge >= 0.3 is 6.09 Å². The Morgan fingerprint density at radius 2 is 2.08 bits per heavy atom. The van der Waals surface area contributed by atoms with Crippen LogP contribution in [-0.2, 0) is 9.47 Å². The van der Waals surface area contributed by atoms with E-state index in [1.807, 2.05) is 18.2 Å². The molecule has 25 heavy (non-hydrogen) atoms. The zero-order chi connectivity index (χ0) is 17.6. The molecule has 0 radical (unpaired) electrons. The van der Waals surface area contributed by atoms with E-state index in [0.717, 1.165) is 11.1 Å². The number of hydrogen-bond acceptors (Lipinski definition) is 4. The maximum absolute atomic E-state index is 10.4. The van der Waals surface area contributed by atoms with Crippen LogP contribution in [0.1, 0.15) is 24.3 Å². The standard InChI is InChI=1S/C19H23NO5/c1-23-15-8-7-13-4-2-5-16(17(13)10-15)14-11-24-18(25-12-14)6-3-9-20-19(21)22/h2,4-5,7-8,10,14,18,20H,3,6,9,11-12H2,1H3,(H,21,22)/t14-,18-. The monoisotopic (exact) mass is 345 g/mol. The van der Waals surface area contributed by atoms with Gasteiger partial charge in [0.1, 0.15) is 5.75 Å². The summed E-state index contributed by atoms with van der Waals surface area (Å²) in [5.74, 6) is 1.01. The van der Waals surface area contributed by atoms with Crippen LogP contribution in [0.5, 0.6) is 5.75 Å². The van der Waals surface area contributed by atoms with Crippen LogP contribution in [0.3, 0.4) is 0 Å². The van der Waals surface area contributed by atoms with Gasteiger partial charge in [-0.25, -0.2) is 4.79 Å². The highest BCUT2D eigenvalue weighted by molar-refractivity contribution is 5.87. The smallest absolute Gasteiger partial charge is 0.404 e. The van der Waals surface area contributed by atoms with E-state index in [-0.39, 0.29) is 12.2 Å². The molecule has 2 N–H and O–H groups in total. The normalized spacial score (nSPS) is 20.4. The fourth-order valence-corrected chi connectivity index (χ4v) is 3.11. The second-order valence-electron chi connectivity index (χ2n) is 6.10. The Bertz CT molecular complexity index is 725. The Hall–Kier alpha value is -2.31. The highest BCUT2D eigenvalue weighted by Gasteiger charge is 2.24. The first kappa shape index (κ1) is 17.5. The Morgan fingerprint density at radius 1 is 1.28 bits per heavy atom. The molecule has 1 amide bonds. The summed E-state index contributed by atoms with van der Waals surface area (Å²) < 4.78 is 17.0. The molecule has 2 aromatic rings. The molecule has 0 bridgehead atoms. The van der Waals surface area contributed by atoms with Crippen molar-refractivity contribution < 1.29 is 24.1 Å². The first-order chi connectivity index (χ1) is 12.2. The van der Waals surface area contributed by atoms with E-state index in [1.54, 1.807) is 7.11 Å². The number of ether oxygens (including phenoxy) is 3. The second-order valence-corrected chi connectivity index (χ2v) is 6.10. The summed E-state index contributed by atoms with van der Waals surface area (Å²) in [5, 5.41) is 13.2. The van der Waals surface area contributed by atoms with Crippen molar-refractivity contribution in [1.82, 2.24) is 5.32 Å². The van der Waals surface area contributed by atoms with Crippen molar-refractivity contribution in [2.24, 2.45) is 0 Å². The molecule has 2 aromatic carbocycles. The first-order valence-electron chi connectivity index (χ1n) is 8.44. The van der Waals surface area contributed by atoms with Gasteiger partial charge in [0.2, 0.25) is 0 Å². The number of fused-ring (bicyclic) bond motifs is 1. The first-order valence-corrected chi connectivity index (χ1v) is 8.44. The van der Waals surface area contributed by atoms with Gasteiger partial charge in [-0.05, 0) is 34.9 Å². The number of carboxylic acid groups (broad SMARTS) is 1. The molecule has 134 valence electrons. The van der Waals surface area contributed by atoms with Crippen molar-refractivity contribution in [2.45, 2.75) is 25.0 Å². The predicted octanol–water partition coefficient (Wildman–Crippen LogP) is 3.35. The van der Waals surface area contributed by atoms with Crippen LogP contribution in [-0.4, -0.2) is 44.4 Å². The molecule has 1 heterocycles. The highest BCUT2D eigenvalue weighted by atomic mass is 16.7. The third-order valence-electron chi connectivity index (χ3n) is 4.42. The summed E-state index contributed by atoms with van der Waals surface area (Å²) in [6, 6.07) is 12.3. The molecule has 0 spiro atoms. The highest BCUT2D eigenvalue weighted by Crippen LogP contribution is 2.31. The van der Waals surface area contributed by atoms with E-state index in [4.69, 9.17) is 19.3 Å². The fraction of sp³-hybridized carbons (Fsp3) is 0.421. The number of hydrogen-bond donors (Lipinski definition) is 2. The summed E-state index contributed by atoms with van der Waals surface area (Å²) in [5.41, 5.74) is 1.20. The zero-order valence-electron chi connectivity index (χ0n) is 14.2. The summed E-state index contributed by atoms with van der Waals surface area (Å²) in [6.45, 7) is 1.59. The molecule has 6 nitrogen and oxygen atoms in total. The van der Waals surface area contributed by atoms with Gasteiger partial charge in [-0.3, -0.25) is 0 Å². The van der Waals surface area contributed by atoms with Crippen LogP contribution in [0.2, 0.25) is 0 Å². The second kappa shape index (κ2) is 8.18. The van der Waals surface area contributed by atoms with E-state index in [9.17, 15) is 4.79 Å². The fourth-order valence-electron chi connectivity index (χ4n) is 3.11. The molecular weight excluding hydrogens is 322 g/mol. The van der Waals surface area contributed by atoms with Gasteiger partial charge in [0.15, 0.2) is 6.29 Å². The largest absolute Gasteiger partial charge is 0.497 e. The molecule has 0 atom stereocenters. The Labute approximate surface area is 146 Å². The molecule has 6 heteroatoms. The minimum Gasteiger partial charge on any atom is -0.497 e. The Balaban J connectivity index is 1.61. The van der Waals surface area contributed by atoms with Gasteiger partial charge in [-0.15, -0.1) is 0 Å². The molecule has 3 rings (SSSR count). The molecule has 0 saturated carbocycles. The lowest BCUT2D eigenvalue weighted by atomic mass is 9.94. The SMILES string of the molecule is COc1ccc2cccc([C@H]3CO[C@H](CCCNC(=O)O)OC3)c2c1. The number of rotatable bonds is 6. The van der Waals surface area contributed by atoms with Gasteiger partial charge in [0.25, 0.3) is 0 Å². The van der Waals surface area contributed by atoms with Crippen molar-refractivity contribution in [3.63, 3.8) is 0 Å². The summed E-state index contributed by atoms with van der Waals surface area (Å²) in [6.07, 6.45) is 0.0944. The van der Waals surface area contributed by atoms with Crippen LogP contribution < -0.4 is 10.1 Å². The minimum atomic E-state index is -1.00. The van der Waals surface area contributed by atoms with Crippen LogP contribution in [0.4, 0.5) is 4.79 Å². The summed E-state index contributed by atoms with van der Waals surface area (Å²) >= 11 is 0. The van der Waals surface area contributed by atoms with Gasteiger partial charge in [0.05, 0.1) is 20.3 Å². The lowest BCUT2D eigenvalue weighted by Gasteiger charge is -2.30. The van der Waals surface area contributed by atoms with Crippen LogP contribution in [0.25, 0.3) is 10.8 Å².